The molecule has 1 aromatic carbocycles. The number of hydrogen-bond acceptors (Lipinski definition) is 4. The third kappa shape index (κ3) is 1.69. The first-order valence-corrected chi connectivity index (χ1v) is 8.23. The van der Waals surface area contributed by atoms with Crippen LogP contribution in [0.3, 0.4) is 0 Å². The van der Waals surface area contributed by atoms with E-state index in [2.05, 4.69) is 67.2 Å². The van der Waals surface area contributed by atoms with Crippen LogP contribution >= 0.6 is 0 Å². The van der Waals surface area contributed by atoms with E-state index in [-0.39, 0.29) is 12.0 Å². The second-order valence-electron chi connectivity index (χ2n) is 7.10. The zero-order valence-corrected chi connectivity index (χ0v) is 14.5. The van der Waals surface area contributed by atoms with E-state index in [9.17, 15) is 5.11 Å². The van der Waals surface area contributed by atoms with Gasteiger partial charge in [-0.25, -0.2) is 0 Å². The molecule has 0 saturated heterocycles. The van der Waals surface area contributed by atoms with Gasteiger partial charge in [0, 0.05) is 30.1 Å². The lowest BCUT2D eigenvalue weighted by Crippen LogP contribution is -2.58. The summed E-state index contributed by atoms with van der Waals surface area (Å²) in [6.45, 7) is 6.32. The molecule has 2 aromatic rings. The number of hydrogen-bond donors (Lipinski definition) is 1. The van der Waals surface area contributed by atoms with Crippen LogP contribution in [0.15, 0.2) is 36.5 Å². The summed E-state index contributed by atoms with van der Waals surface area (Å²) in [6, 6.07) is 8.43. The summed E-state index contributed by atoms with van der Waals surface area (Å²) >= 11 is 0. The monoisotopic (exact) mass is 322 g/mol. The van der Waals surface area contributed by atoms with Gasteiger partial charge in [-0.2, -0.15) is 0 Å². The third-order valence-corrected chi connectivity index (χ3v) is 5.57. The molecular weight excluding hydrogens is 300 g/mol. The maximum atomic E-state index is 9.60. The number of pyridine rings is 1. The SMILES string of the molecule is Cc1ncc(CO)c2c1OC1(C=C2)N(C)c2ccccc2C1(C)C. The summed E-state index contributed by atoms with van der Waals surface area (Å²) < 4.78 is 6.63. The molecule has 1 unspecified atom stereocenters. The Morgan fingerprint density at radius 1 is 1.25 bits per heavy atom. The standard InChI is InChI=1S/C20H22N2O2/c1-13-18-15(14(12-23)11-21-13)9-10-20(24-18)19(2,3)16-7-5-6-8-17(16)22(20)4/h5-11,23H,12H2,1-4H3. The van der Waals surface area contributed by atoms with Crippen molar-refractivity contribution in [2.75, 3.05) is 11.9 Å². The Bertz CT molecular complexity index is 857. The van der Waals surface area contributed by atoms with Crippen molar-refractivity contribution in [3.8, 4) is 5.75 Å². The molecule has 4 heteroatoms. The molecule has 4 nitrogen and oxygen atoms in total. The van der Waals surface area contributed by atoms with Gasteiger partial charge in [0.25, 0.3) is 0 Å². The highest BCUT2D eigenvalue weighted by atomic mass is 16.5. The maximum Gasteiger partial charge on any atom is 0.211 e. The molecule has 0 saturated carbocycles. The topological polar surface area (TPSA) is 45.6 Å². The van der Waals surface area contributed by atoms with E-state index in [1.807, 2.05) is 6.92 Å². The van der Waals surface area contributed by atoms with Crippen LogP contribution in [0.1, 0.15) is 36.2 Å². The molecule has 4 rings (SSSR count). The van der Waals surface area contributed by atoms with E-state index in [4.69, 9.17) is 4.74 Å². The van der Waals surface area contributed by atoms with Gasteiger partial charge in [0.2, 0.25) is 5.72 Å². The van der Waals surface area contributed by atoms with Gasteiger partial charge < -0.3 is 14.7 Å². The van der Waals surface area contributed by atoms with Crippen LogP contribution in [0.4, 0.5) is 5.69 Å². The summed E-state index contributed by atoms with van der Waals surface area (Å²) in [7, 11) is 2.07. The van der Waals surface area contributed by atoms with E-state index < -0.39 is 5.72 Å². The third-order valence-electron chi connectivity index (χ3n) is 5.57. The smallest absolute Gasteiger partial charge is 0.211 e. The zero-order chi connectivity index (χ0) is 17.1. The summed E-state index contributed by atoms with van der Waals surface area (Å²) in [5.74, 6) is 0.761. The van der Waals surface area contributed by atoms with Crippen molar-refractivity contribution >= 4 is 11.8 Å². The number of nitrogens with zero attached hydrogens (tertiary/aromatic N) is 2. The quantitative estimate of drug-likeness (QED) is 0.874. The van der Waals surface area contributed by atoms with Crippen molar-refractivity contribution in [2.45, 2.75) is 38.5 Å². The minimum absolute atomic E-state index is 0.0459. The Labute approximate surface area is 142 Å². The van der Waals surface area contributed by atoms with E-state index in [0.29, 0.717) is 0 Å². The molecule has 1 atom stereocenters. The molecule has 0 fully saturated rings. The molecule has 2 aliphatic heterocycles. The normalized spacial score (nSPS) is 23.1. The second kappa shape index (κ2) is 4.84. The van der Waals surface area contributed by atoms with E-state index in [1.165, 1.54) is 11.3 Å². The minimum atomic E-state index is -0.607. The van der Waals surface area contributed by atoms with Crippen molar-refractivity contribution in [2.24, 2.45) is 0 Å². The molecule has 0 aliphatic carbocycles. The number of para-hydroxylation sites is 1. The Morgan fingerprint density at radius 2 is 2.00 bits per heavy atom. The molecule has 24 heavy (non-hydrogen) atoms. The van der Waals surface area contributed by atoms with Crippen LogP contribution in [0.25, 0.3) is 6.08 Å². The molecule has 2 aliphatic rings. The lowest BCUT2D eigenvalue weighted by Gasteiger charge is -2.46. The van der Waals surface area contributed by atoms with Crippen molar-refractivity contribution in [1.82, 2.24) is 4.98 Å². The van der Waals surface area contributed by atoms with Crippen molar-refractivity contribution < 1.29 is 9.84 Å². The molecule has 1 N–H and O–H groups in total. The van der Waals surface area contributed by atoms with E-state index in [1.54, 1.807) is 6.20 Å². The molecule has 0 radical (unpaired) electrons. The van der Waals surface area contributed by atoms with Crippen molar-refractivity contribution in [1.29, 1.82) is 0 Å². The lowest BCUT2D eigenvalue weighted by atomic mass is 9.76. The van der Waals surface area contributed by atoms with Crippen molar-refractivity contribution in [3.05, 3.63) is 58.9 Å². The van der Waals surface area contributed by atoms with Crippen LogP contribution in [-0.2, 0) is 12.0 Å². The van der Waals surface area contributed by atoms with Gasteiger partial charge >= 0.3 is 0 Å². The first kappa shape index (κ1) is 15.2. The van der Waals surface area contributed by atoms with Crippen LogP contribution in [0.5, 0.6) is 5.75 Å². The van der Waals surface area contributed by atoms with Gasteiger partial charge in [-0.3, -0.25) is 4.98 Å². The largest absolute Gasteiger partial charge is 0.461 e. The summed E-state index contributed by atoms with van der Waals surface area (Å²) in [5, 5.41) is 9.60. The summed E-state index contributed by atoms with van der Waals surface area (Å²) in [5.41, 5.74) is 4.17. The highest BCUT2D eigenvalue weighted by Gasteiger charge is 2.57. The number of fused-ring (bicyclic) bond motifs is 2. The number of aromatic nitrogens is 1. The number of aliphatic hydroxyl groups is 1. The number of benzene rings is 1. The Balaban J connectivity index is 1.92. The maximum absolute atomic E-state index is 9.60. The molecular formula is C20H22N2O2. The highest BCUT2D eigenvalue weighted by molar-refractivity contribution is 5.73. The first-order chi connectivity index (χ1) is 11.4. The average molecular weight is 322 g/mol. The lowest BCUT2D eigenvalue weighted by molar-refractivity contribution is 0.0566. The fourth-order valence-electron chi connectivity index (χ4n) is 4.07. The predicted molar refractivity (Wildman–Crippen MR) is 95.2 cm³/mol. The van der Waals surface area contributed by atoms with Crippen LogP contribution in [0.2, 0.25) is 0 Å². The Hall–Kier alpha value is -2.33. The molecule has 1 aromatic heterocycles. The Kier molecular flexibility index (Phi) is 3.06. The molecule has 3 heterocycles. The average Bonchev–Trinajstić information content (AvgIpc) is 2.75. The van der Waals surface area contributed by atoms with Gasteiger partial charge in [0.05, 0.1) is 17.7 Å². The number of anilines is 1. The fourth-order valence-corrected chi connectivity index (χ4v) is 4.07. The molecule has 1 spiro atoms. The number of likely N-dealkylation sites (N-methyl/N-ethyl adjacent to an activating group) is 1. The Morgan fingerprint density at radius 3 is 2.71 bits per heavy atom. The fraction of sp³-hybridized carbons (Fsp3) is 0.350. The van der Waals surface area contributed by atoms with Gasteiger partial charge in [-0.05, 0) is 44.6 Å². The number of aliphatic hydroxyl groups excluding tert-OH is 1. The minimum Gasteiger partial charge on any atom is -0.461 e. The zero-order valence-electron chi connectivity index (χ0n) is 14.5. The van der Waals surface area contributed by atoms with Crippen LogP contribution in [-0.4, -0.2) is 22.9 Å². The van der Waals surface area contributed by atoms with E-state index in [0.717, 1.165) is 22.6 Å². The second-order valence-corrected chi connectivity index (χ2v) is 7.10. The summed E-state index contributed by atoms with van der Waals surface area (Å²) in [6.07, 6.45) is 5.91. The highest BCUT2D eigenvalue weighted by Crippen LogP contribution is 2.54. The van der Waals surface area contributed by atoms with E-state index >= 15 is 0 Å². The van der Waals surface area contributed by atoms with Gasteiger partial charge in [-0.15, -0.1) is 0 Å². The van der Waals surface area contributed by atoms with Gasteiger partial charge in [0.15, 0.2) is 5.75 Å². The molecule has 0 bridgehead atoms. The van der Waals surface area contributed by atoms with Crippen molar-refractivity contribution in [3.63, 3.8) is 0 Å². The predicted octanol–water partition coefficient (Wildman–Crippen LogP) is 3.41. The number of aryl methyl sites for hydroxylation is 1. The number of ether oxygens (including phenoxy) is 1. The van der Waals surface area contributed by atoms with Crippen LogP contribution < -0.4 is 9.64 Å². The van der Waals surface area contributed by atoms with Gasteiger partial charge in [0.1, 0.15) is 0 Å². The number of rotatable bonds is 1. The molecule has 124 valence electrons. The van der Waals surface area contributed by atoms with Gasteiger partial charge in [-0.1, -0.05) is 18.2 Å². The first-order valence-electron chi connectivity index (χ1n) is 8.23. The summed E-state index contributed by atoms with van der Waals surface area (Å²) in [4.78, 5) is 6.60. The van der Waals surface area contributed by atoms with Crippen LogP contribution in [0, 0.1) is 6.92 Å². The molecule has 0 amide bonds.